The summed E-state index contributed by atoms with van der Waals surface area (Å²) < 4.78 is 7.25. The molecule has 102 valence electrons. The van der Waals surface area contributed by atoms with Gasteiger partial charge in [0.15, 0.2) is 0 Å². The van der Waals surface area contributed by atoms with Gasteiger partial charge in [-0.2, -0.15) is 5.10 Å². The Kier molecular flexibility index (Phi) is 4.10. The van der Waals surface area contributed by atoms with Crippen LogP contribution in [0, 0.1) is 0 Å². The van der Waals surface area contributed by atoms with Crippen molar-refractivity contribution in [2.24, 2.45) is 0 Å². The fourth-order valence-electron chi connectivity index (χ4n) is 2.27. The van der Waals surface area contributed by atoms with Crippen LogP contribution in [0.15, 0.2) is 24.3 Å². The lowest BCUT2D eigenvalue weighted by molar-refractivity contribution is 0.414. The van der Waals surface area contributed by atoms with E-state index in [1.165, 1.54) is 5.56 Å². The third kappa shape index (κ3) is 2.72. The lowest BCUT2D eigenvalue weighted by atomic mass is 10.2. The summed E-state index contributed by atoms with van der Waals surface area (Å²) in [6, 6.07) is 8.04. The number of aryl methyl sites for hydroxylation is 1. The molecule has 4 heteroatoms. The predicted octanol–water partition coefficient (Wildman–Crippen LogP) is 2.65. The highest BCUT2D eigenvalue weighted by Gasteiger charge is 2.12. The SMILES string of the molecule is CCc1nn(Cc2cccc(OC)c2)c(CC)c1N. The number of ether oxygens (including phenoxy) is 1. The van der Waals surface area contributed by atoms with Gasteiger partial charge in [0.25, 0.3) is 0 Å². The zero-order valence-electron chi connectivity index (χ0n) is 11.8. The number of nitrogen functional groups attached to an aromatic ring is 1. The Labute approximate surface area is 114 Å². The number of nitrogens with two attached hydrogens (primary N) is 1. The molecule has 4 nitrogen and oxygen atoms in total. The topological polar surface area (TPSA) is 53.1 Å². The summed E-state index contributed by atoms with van der Waals surface area (Å²) in [4.78, 5) is 0. The minimum absolute atomic E-state index is 0.727. The molecule has 1 aromatic carbocycles. The third-order valence-electron chi connectivity index (χ3n) is 3.31. The highest BCUT2D eigenvalue weighted by Crippen LogP contribution is 2.20. The number of hydrogen-bond donors (Lipinski definition) is 1. The molecule has 0 unspecified atom stereocenters. The van der Waals surface area contributed by atoms with Crippen molar-refractivity contribution in [2.75, 3.05) is 12.8 Å². The zero-order chi connectivity index (χ0) is 13.8. The van der Waals surface area contributed by atoms with E-state index in [0.717, 1.165) is 42.2 Å². The highest BCUT2D eigenvalue weighted by atomic mass is 16.5. The van der Waals surface area contributed by atoms with Gasteiger partial charge < -0.3 is 10.5 Å². The third-order valence-corrected chi connectivity index (χ3v) is 3.31. The van der Waals surface area contributed by atoms with Crippen LogP contribution < -0.4 is 10.5 Å². The van der Waals surface area contributed by atoms with E-state index in [2.05, 4.69) is 25.0 Å². The summed E-state index contributed by atoms with van der Waals surface area (Å²) in [6.45, 7) is 4.91. The minimum Gasteiger partial charge on any atom is -0.497 e. The van der Waals surface area contributed by atoms with Crippen molar-refractivity contribution in [3.63, 3.8) is 0 Å². The van der Waals surface area contributed by atoms with Gasteiger partial charge in [-0.15, -0.1) is 0 Å². The quantitative estimate of drug-likeness (QED) is 0.898. The summed E-state index contributed by atoms with van der Waals surface area (Å²) in [5.41, 5.74) is 10.2. The van der Waals surface area contributed by atoms with Crippen molar-refractivity contribution in [1.82, 2.24) is 9.78 Å². The van der Waals surface area contributed by atoms with E-state index in [0.29, 0.717) is 0 Å². The fraction of sp³-hybridized carbons (Fsp3) is 0.400. The Morgan fingerprint density at radius 1 is 1.26 bits per heavy atom. The molecule has 1 aromatic heterocycles. The number of methoxy groups -OCH3 is 1. The van der Waals surface area contributed by atoms with E-state index in [4.69, 9.17) is 10.5 Å². The molecule has 0 spiro atoms. The molecule has 2 rings (SSSR count). The summed E-state index contributed by atoms with van der Waals surface area (Å²) >= 11 is 0. The largest absolute Gasteiger partial charge is 0.497 e. The summed E-state index contributed by atoms with van der Waals surface area (Å²) in [7, 11) is 1.68. The summed E-state index contributed by atoms with van der Waals surface area (Å²) in [5.74, 6) is 0.867. The van der Waals surface area contributed by atoms with Crippen molar-refractivity contribution < 1.29 is 4.74 Å². The highest BCUT2D eigenvalue weighted by molar-refractivity contribution is 5.48. The second-order valence-corrected chi connectivity index (χ2v) is 4.52. The molecule has 0 saturated carbocycles. The van der Waals surface area contributed by atoms with Gasteiger partial charge in [-0.3, -0.25) is 4.68 Å². The van der Waals surface area contributed by atoms with Crippen molar-refractivity contribution in [3.05, 3.63) is 41.2 Å². The molecule has 2 aromatic rings. The van der Waals surface area contributed by atoms with Gasteiger partial charge in [0, 0.05) is 0 Å². The minimum atomic E-state index is 0.727. The molecular formula is C15H21N3O. The van der Waals surface area contributed by atoms with Gasteiger partial charge in [-0.1, -0.05) is 26.0 Å². The molecule has 0 aliphatic carbocycles. The van der Waals surface area contributed by atoms with Crippen LogP contribution in [0.1, 0.15) is 30.8 Å². The lowest BCUT2D eigenvalue weighted by Gasteiger charge is -2.08. The molecule has 0 amide bonds. The number of anilines is 1. The maximum absolute atomic E-state index is 6.13. The van der Waals surface area contributed by atoms with E-state index in [1.54, 1.807) is 7.11 Å². The number of benzene rings is 1. The molecule has 0 aliphatic rings. The summed E-state index contributed by atoms with van der Waals surface area (Å²) in [6.07, 6.45) is 1.76. The number of hydrogen-bond acceptors (Lipinski definition) is 3. The van der Waals surface area contributed by atoms with Gasteiger partial charge in [0.05, 0.1) is 30.7 Å². The van der Waals surface area contributed by atoms with Crippen LogP contribution in [-0.2, 0) is 19.4 Å². The first kappa shape index (κ1) is 13.5. The van der Waals surface area contributed by atoms with Gasteiger partial charge in [0.2, 0.25) is 0 Å². The average molecular weight is 259 g/mol. The van der Waals surface area contributed by atoms with Crippen LogP contribution in [0.2, 0.25) is 0 Å². The Morgan fingerprint density at radius 3 is 2.68 bits per heavy atom. The predicted molar refractivity (Wildman–Crippen MR) is 77.5 cm³/mol. The standard InChI is InChI=1S/C15H21N3O/c1-4-13-15(16)14(5-2)18(17-13)10-11-7-6-8-12(9-11)19-3/h6-9H,4-5,10,16H2,1-3H3. The molecule has 0 atom stereocenters. The lowest BCUT2D eigenvalue weighted by Crippen LogP contribution is -2.06. The monoisotopic (exact) mass is 259 g/mol. The van der Waals surface area contributed by atoms with E-state index in [9.17, 15) is 0 Å². The van der Waals surface area contributed by atoms with Crippen LogP contribution in [0.3, 0.4) is 0 Å². The molecule has 19 heavy (non-hydrogen) atoms. The van der Waals surface area contributed by atoms with Crippen molar-refractivity contribution in [1.29, 1.82) is 0 Å². The number of aromatic nitrogens is 2. The molecule has 0 aliphatic heterocycles. The van der Waals surface area contributed by atoms with Crippen LogP contribution >= 0.6 is 0 Å². The van der Waals surface area contributed by atoms with Crippen LogP contribution in [0.25, 0.3) is 0 Å². The first-order valence-corrected chi connectivity index (χ1v) is 6.66. The Morgan fingerprint density at radius 2 is 2.05 bits per heavy atom. The molecule has 0 saturated heterocycles. The zero-order valence-corrected chi connectivity index (χ0v) is 11.8. The van der Waals surface area contributed by atoms with Gasteiger partial charge >= 0.3 is 0 Å². The van der Waals surface area contributed by atoms with Gasteiger partial charge in [-0.25, -0.2) is 0 Å². The van der Waals surface area contributed by atoms with Gasteiger partial charge in [0.1, 0.15) is 5.75 Å². The smallest absolute Gasteiger partial charge is 0.119 e. The maximum atomic E-state index is 6.13. The van der Waals surface area contributed by atoms with Crippen molar-refractivity contribution in [3.8, 4) is 5.75 Å². The Balaban J connectivity index is 2.32. The summed E-state index contributed by atoms with van der Waals surface area (Å²) in [5, 5.41) is 4.60. The van der Waals surface area contributed by atoms with Gasteiger partial charge in [-0.05, 0) is 30.5 Å². The van der Waals surface area contributed by atoms with Crippen LogP contribution in [-0.4, -0.2) is 16.9 Å². The van der Waals surface area contributed by atoms with Crippen molar-refractivity contribution >= 4 is 5.69 Å². The van der Waals surface area contributed by atoms with Crippen LogP contribution in [0.5, 0.6) is 5.75 Å². The first-order chi connectivity index (χ1) is 9.19. The fourth-order valence-corrected chi connectivity index (χ4v) is 2.27. The number of nitrogens with zero attached hydrogens (tertiary/aromatic N) is 2. The second-order valence-electron chi connectivity index (χ2n) is 4.52. The van der Waals surface area contributed by atoms with E-state index in [-0.39, 0.29) is 0 Å². The first-order valence-electron chi connectivity index (χ1n) is 6.66. The maximum Gasteiger partial charge on any atom is 0.119 e. The van der Waals surface area contributed by atoms with E-state index < -0.39 is 0 Å². The molecular weight excluding hydrogens is 238 g/mol. The second kappa shape index (κ2) is 5.78. The van der Waals surface area contributed by atoms with Crippen molar-refractivity contribution in [2.45, 2.75) is 33.2 Å². The molecule has 1 heterocycles. The van der Waals surface area contributed by atoms with E-state index in [1.807, 2.05) is 22.9 Å². The normalized spacial score (nSPS) is 10.7. The molecule has 0 fully saturated rings. The van der Waals surface area contributed by atoms with Crippen LogP contribution in [0.4, 0.5) is 5.69 Å². The molecule has 2 N–H and O–H groups in total. The molecule has 0 bridgehead atoms. The van der Waals surface area contributed by atoms with E-state index >= 15 is 0 Å². The Hall–Kier alpha value is -1.97. The molecule has 0 radical (unpaired) electrons. The Bertz CT molecular complexity index is 561. The average Bonchev–Trinajstić information content (AvgIpc) is 2.74. The number of rotatable bonds is 5.